The highest BCUT2D eigenvalue weighted by Gasteiger charge is 2.03. The number of rotatable bonds is 2. The van der Waals surface area contributed by atoms with Gasteiger partial charge in [-0.15, -0.1) is 0 Å². The summed E-state index contributed by atoms with van der Waals surface area (Å²) in [6, 6.07) is 7.67. The molecule has 0 aliphatic rings. The highest BCUT2D eigenvalue weighted by atomic mass is 35.5. The van der Waals surface area contributed by atoms with Crippen LogP contribution < -0.4 is 5.73 Å². The van der Waals surface area contributed by atoms with Crippen molar-refractivity contribution in [3.63, 3.8) is 0 Å². The van der Waals surface area contributed by atoms with Crippen LogP contribution in [0, 0.1) is 6.92 Å². The van der Waals surface area contributed by atoms with Crippen molar-refractivity contribution in [3.05, 3.63) is 46.6 Å². The van der Waals surface area contributed by atoms with Crippen LogP contribution in [0.2, 0.25) is 5.02 Å². The Morgan fingerprint density at radius 1 is 1.33 bits per heavy atom. The molecule has 0 saturated carbocycles. The third-order valence-corrected chi connectivity index (χ3v) is 2.57. The molecule has 2 rings (SSSR count). The maximum atomic E-state index is 5.85. The molecule has 0 amide bonds. The first kappa shape index (κ1) is 10.1. The average molecular weight is 222 g/mol. The van der Waals surface area contributed by atoms with E-state index in [0.717, 1.165) is 16.1 Å². The smallest absolute Gasteiger partial charge is 0.124 e. The summed E-state index contributed by atoms with van der Waals surface area (Å²) in [6.07, 6.45) is 1.77. The van der Waals surface area contributed by atoms with Crippen LogP contribution in [-0.2, 0) is 6.54 Å². The van der Waals surface area contributed by atoms with Gasteiger partial charge in [0.2, 0.25) is 0 Å². The minimum atomic E-state index is 0.677. The number of aryl methyl sites for hydroxylation is 1. The quantitative estimate of drug-likeness (QED) is 0.847. The van der Waals surface area contributed by atoms with Crippen molar-refractivity contribution in [2.24, 2.45) is 0 Å². The molecule has 1 heterocycles. The molecule has 0 unspecified atom stereocenters. The fraction of sp³-hybridized carbons (Fsp3) is 0.182. The third-order valence-electron chi connectivity index (χ3n) is 2.32. The summed E-state index contributed by atoms with van der Waals surface area (Å²) in [4.78, 5) is 0. The molecule has 0 fully saturated rings. The van der Waals surface area contributed by atoms with E-state index < -0.39 is 0 Å². The average Bonchev–Trinajstić information content (AvgIpc) is 2.53. The van der Waals surface area contributed by atoms with E-state index in [0.29, 0.717) is 12.4 Å². The monoisotopic (exact) mass is 221 g/mol. The van der Waals surface area contributed by atoms with Crippen LogP contribution in [-0.4, -0.2) is 9.78 Å². The van der Waals surface area contributed by atoms with Gasteiger partial charge in [-0.3, -0.25) is 0 Å². The number of hydrogen-bond donors (Lipinski definition) is 1. The number of benzene rings is 1. The molecule has 15 heavy (non-hydrogen) atoms. The molecule has 0 saturated heterocycles. The Hall–Kier alpha value is -1.48. The Morgan fingerprint density at radius 3 is 2.53 bits per heavy atom. The third kappa shape index (κ3) is 2.13. The zero-order valence-electron chi connectivity index (χ0n) is 8.44. The molecule has 0 spiro atoms. The molecule has 0 aliphatic carbocycles. The van der Waals surface area contributed by atoms with Gasteiger partial charge in [-0.25, -0.2) is 4.68 Å². The summed E-state index contributed by atoms with van der Waals surface area (Å²) in [6.45, 7) is 2.62. The molecule has 78 valence electrons. The van der Waals surface area contributed by atoms with Crippen LogP contribution in [0.3, 0.4) is 0 Å². The van der Waals surface area contributed by atoms with E-state index in [4.69, 9.17) is 17.3 Å². The topological polar surface area (TPSA) is 43.8 Å². The van der Waals surface area contributed by atoms with Crippen LogP contribution in [0.5, 0.6) is 0 Å². The summed E-state index contributed by atoms with van der Waals surface area (Å²) >= 11 is 5.80. The molecule has 0 bridgehead atoms. The lowest BCUT2D eigenvalue weighted by Crippen LogP contribution is -2.06. The lowest BCUT2D eigenvalue weighted by atomic mass is 10.2. The van der Waals surface area contributed by atoms with Gasteiger partial charge in [0.1, 0.15) is 5.82 Å². The van der Waals surface area contributed by atoms with Crippen molar-refractivity contribution >= 4 is 17.4 Å². The first-order valence-corrected chi connectivity index (χ1v) is 5.07. The molecule has 1 aromatic heterocycles. The number of hydrogen-bond acceptors (Lipinski definition) is 2. The van der Waals surface area contributed by atoms with E-state index in [9.17, 15) is 0 Å². The lowest BCUT2D eigenvalue weighted by Gasteiger charge is -2.04. The second-order valence-corrected chi connectivity index (χ2v) is 3.93. The number of nitrogens with zero attached hydrogens (tertiary/aromatic N) is 2. The molecular weight excluding hydrogens is 210 g/mol. The minimum Gasteiger partial charge on any atom is -0.384 e. The minimum absolute atomic E-state index is 0.677. The second-order valence-electron chi connectivity index (χ2n) is 3.50. The number of halogens is 1. The summed E-state index contributed by atoms with van der Waals surface area (Å²) in [7, 11) is 0. The Kier molecular flexibility index (Phi) is 2.64. The van der Waals surface area contributed by atoms with E-state index in [1.807, 2.05) is 31.2 Å². The van der Waals surface area contributed by atoms with Gasteiger partial charge in [-0.2, -0.15) is 5.10 Å². The molecule has 0 radical (unpaired) electrons. The number of nitrogen functional groups attached to an aromatic ring is 1. The normalized spacial score (nSPS) is 10.5. The zero-order valence-corrected chi connectivity index (χ0v) is 9.20. The first-order valence-electron chi connectivity index (χ1n) is 4.69. The van der Waals surface area contributed by atoms with Crippen LogP contribution in [0.1, 0.15) is 11.1 Å². The van der Waals surface area contributed by atoms with Gasteiger partial charge in [-0.1, -0.05) is 23.7 Å². The van der Waals surface area contributed by atoms with Gasteiger partial charge < -0.3 is 5.73 Å². The van der Waals surface area contributed by atoms with Gasteiger partial charge >= 0.3 is 0 Å². The second kappa shape index (κ2) is 3.95. The Morgan fingerprint density at radius 2 is 2.00 bits per heavy atom. The van der Waals surface area contributed by atoms with Gasteiger partial charge in [0.05, 0.1) is 12.7 Å². The van der Waals surface area contributed by atoms with E-state index >= 15 is 0 Å². The SMILES string of the molecule is Cc1cnn(Cc2ccc(Cl)cc2)c1N. The Balaban J connectivity index is 2.22. The largest absolute Gasteiger partial charge is 0.384 e. The molecule has 1 aromatic carbocycles. The number of anilines is 1. The molecule has 3 nitrogen and oxygen atoms in total. The summed E-state index contributed by atoms with van der Waals surface area (Å²) < 4.78 is 1.78. The highest BCUT2D eigenvalue weighted by Crippen LogP contribution is 2.14. The van der Waals surface area contributed by atoms with Crippen molar-refractivity contribution in [2.45, 2.75) is 13.5 Å². The van der Waals surface area contributed by atoms with E-state index in [1.165, 1.54) is 0 Å². The molecule has 2 N–H and O–H groups in total. The predicted octanol–water partition coefficient (Wildman–Crippen LogP) is 2.48. The van der Waals surface area contributed by atoms with Crippen molar-refractivity contribution in [1.82, 2.24) is 9.78 Å². The lowest BCUT2D eigenvalue weighted by molar-refractivity contribution is 0.697. The summed E-state index contributed by atoms with van der Waals surface area (Å²) in [5.41, 5.74) is 7.99. The molecule has 4 heteroatoms. The van der Waals surface area contributed by atoms with Crippen LogP contribution in [0.4, 0.5) is 5.82 Å². The zero-order chi connectivity index (χ0) is 10.8. The van der Waals surface area contributed by atoms with Crippen molar-refractivity contribution in [1.29, 1.82) is 0 Å². The summed E-state index contributed by atoms with van der Waals surface area (Å²) in [5, 5.41) is 4.93. The van der Waals surface area contributed by atoms with Crippen molar-refractivity contribution in [3.8, 4) is 0 Å². The van der Waals surface area contributed by atoms with Crippen molar-refractivity contribution in [2.75, 3.05) is 5.73 Å². The standard InChI is InChI=1S/C11H12ClN3/c1-8-6-14-15(11(8)13)7-9-2-4-10(12)5-3-9/h2-6H,7,13H2,1H3. The number of aromatic nitrogens is 2. The predicted molar refractivity (Wildman–Crippen MR) is 61.9 cm³/mol. The van der Waals surface area contributed by atoms with E-state index in [1.54, 1.807) is 10.9 Å². The van der Waals surface area contributed by atoms with Crippen LogP contribution in [0.25, 0.3) is 0 Å². The molecule has 2 aromatic rings. The van der Waals surface area contributed by atoms with E-state index in [2.05, 4.69) is 5.10 Å². The first-order chi connectivity index (χ1) is 7.16. The van der Waals surface area contributed by atoms with Crippen molar-refractivity contribution < 1.29 is 0 Å². The maximum absolute atomic E-state index is 5.85. The van der Waals surface area contributed by atoms with Gasteiger partial charge in [0, 0.05) is 10.6 Å². The van der Waals surface area contributed by atoms with Gasteiger partial charge in [0.25, 0.3) is 0 Å². The Labute approximate surface area is 93.5 Å². The molecule has 0 atom stereocenters. The fourth-order valence-corrected chi connectivity index (χ4v) is 1.50. The Bertz CT molecular complexity index is 459. The summed E-state index contributed by atoms with van der Waals surface area (Å²) in [5.74, 6) is 0.713. The van der Waals surface area contributed by atoms with Gasteiger partial charge in [0.15, 0.2) is 0 Å². The van der Waals surface area contributed by atoms with E-state index in [-0.39, 0.29) is 0 Å². The fourth-order valence-electron chi connectivity index (χ4n) is 1.38. The van der Waals surface area contributed by atoms with Crippen LogP contribution >= 0.6 is 11.6 Å². The highest BCUT2D eigenvalue weighted by molar-refractivity contribution is 6.30. The number of nitrogens with two attached hydrogens (primary N) is 1. The van der Waals surface area contributed by atoms with Crippen LogP contribution in [0.15, 0.2) is 30.5 Å². The molecular formula is C11H12ClN3. The molecule has 0 aliphatic heterocycles. The van der Waals surface area contributed by atoms with Gasteiger partial charge in [-0.05, 0) is 24.6 Å². The maximum Gasteiger partial charge on any atom is 0.124 e.